The molecule has 0 spiro atoms. The molecule has 1 N–H and O–H groups in total. The molecule has 2 aromatic carbocycles. The number of amides is 1. The molecule has 134 valence electrons. The maximum absolute atomic E-state index is 12.9. The van der Waals surface area contributed by atoms with Gasteiger partial charge in [0.2, 0.25) is 5.82 Å². The summed E-state index contributed by atoms with van der Waals surface area (Å²) in [7, 11) is 0. The Morgan fingerprint density at radius 2 is 1.85 bits per heavy atom. The fourth-order valence-electron chi connectivity index (χ4n) is 2.15. The summed E-state index contributed by atoms with van der Waals surface area (Å²) < 4.78 is 55.8. The van der Waals surface area contributed by atoms with E-state index in [9.17, 15) is 22.4 Å². The van der Waals surface area contributed by atoms with Crippen molar-refractivity contribution in [3.05, 3.63) is 71.4 Å². The van der Waals surface area contributed by atoms with E-state index in [1.807, 2.05) is 0 Å². The zero-order valence-corrected chi connectivity index (χ0v) is 13.0. The fourth-order valence-corrected chi connectivity index (χ4v) is 2.15. The van der Waals surface area contributed by atoms with Crippen LogP contribution in [0.4, 0.5) is 17.6 Å². The second-order valence-electron chi connectivity index (χ2n) is 5.31. The Morgan fingerprint density at radius 1 is 1.12 bits per heavy atom. The van der Waals surface area contributed by atoms with Crippen LogP contribution in [0.1, 0.15) is 21.8 Å². The zero-order valence-electron chi connectivity index (χ0n) is 13.0. The molecule has 0 aliphatic carbocycles. The highest BCUT2D eigenvalue weighted by atomic mass is 19.4. The number of nitrogens with zero attached hydrogens (tertiary/aromatic N) is 2. The molecule has 1 heterocycles. The van der Waals surface area contributed by atoms with Gasteiger partial charge in [0.15, 0.2) is 0 Å². The lowest BCUT2D eigenvalue weighted by molar-refractivity contribution is -0.137. The first kappa shape index (κ1) is 17.6. The first-order chi connectivity index (χ1) is 12.3. The minimum atomic E-state index is -4.46. The molecule has 0 aliphatic heterocycles. The van der Waals surface area contributed by atoms with E-state index in [0.29, 0.717) is 5.56 Å². The van der Waals surface area contributed by atoms with Crippen molar-refractivity contribution in [3.8, 4) is 11.4 Å². The molecule has 0 bridgehead atoms. The summed E-state index contributed by atoms with van der Waals surface area (Å²) in [5.74, 6) is -1.43. The Hall–Kier alpha value is -3.23. The molecule has 0 fully saturated rings. The highest BCUT2D eigenvalue weighted by Crippen LogP contribution is 2.29. The average molecular weight is 365 g/mol. The van der Waals surface area contributed by atoms with E-state index >= 15 is 0 Å². The lowest BCUT2D eigenvalue weighted by Gasteiger charge is -2.08. The van der Waals surface area contributed by atoms with E-state index in [-0.39, 0.29) is 23.8 Å². The summed E-state index contributed by atoms with van der Waals surface area (Å²) in [6.07, 6.45) is -4.46. The first-order valence-corrected chi connectivity index (χ1v) is 7.37. The number of hydrogen-bond acceptors (Lipinski definition) is 4. The van der Waals surface area contributed by atoms with Gasteiger partial charge in [-0.05, 0) is 42.0 Å². The van der Waals surface area contributed by atoms with Crippen molar-refractivity contribution in [1.82, 2.24) is 15.5 Å². The molecule has 9 heteroatoms. The van der Waals surface area contributed by atoms with Gasteiger partial charge in [0.1, 0.15) is 5.82 Å². The molecule has 0 saturated heterocycles. The standard InChI is InChI=1S/C17H11F4N3O2/c18-13-6-4-11(5-7-13)14-23-16(26-24-14)15(25)22-9-10-2-1-3-12(8-10)17(19,20)21/h1-8H,9H2,(H,22,25). The van der Waals surface area contributed by atoms with Crippen molar-refractivity contribution in [2.45, 2.75) is 12.7 Å². The van der Waals surface area contributed by atoms with Crippen molar-refractivity contribution in [2.75, 3.05) is 0 Å². The van der Waals surface area contributed by atoms with Crippen LogP contribution in [0.5, 0.6) is 0 Å². The van der Waals surface area contributed by atoms with Gasteiger partial charge in [0.05, 0.1) is 5.56 Å². The van der Waals surface area contributed by atoms with E-state index in [1.54, 1.807) is 0 Å². The quantitative estimate of drug-likeness (QED) is 0.714. The van der Waals surface area contributed by atoms with Gasteiger partial charge in [0, 0.05) is 12.1 Å². The van der Waals surface area contributed by atoms with E-state index in [2.05, 4.69) is 15.5 Å². The van der Waals surface area contributed by atoms with Crippen LogP contribution < -0.4 is 5.32 Å². The monoisotopic (exact) mass is 365 g/mol. The van der Waals surface area contributed by atoms with Crippen LogP contribution in [-0.2, 0) is 12.7 Å². The smallest absolute Gasteiger partial charge is 0.344 e. The van der Waals surface area contributed by atoms with Crippen LogP contribution in [0.2, 0.25) is 0 Å². The number of nitrogens with one attached hydrogen (secondary N) is 1. The molecule has 3 rings (SSSR count). The second-order valence-corrected chi connectivity index (χ2v) is 5.31. The van der Waals surface area contributed by atoms with Crippen LogP contribution in [0.25, 0.3) is 11.4 Å². The predicted octanol–water partition coefficient (Wildman–Crippen LogP) is 3.82. The summed E-state index contributed by atoms with van der Waals surface area (Å²) in [5.41, 5.74) is -0.0841. The van der Waals surface area contributed by atoms with Gasteiger partial charge in [-0.2, -0.15) is 18.2 Å². The number of alkyl halides is 3. The van der Waals surface area contributed by atoms with Crippen LogP contribution >= 0.6 is 0 Å². The third-order valence-corrected chi connectivity index (χ3v) is 3.43. The molecule has 5 nitrogen and oxygen atoms in total. The van der Waals surface area contributed by atoms with Crippen LogP contribution in [0.15, 0.2) is 53.1 Å². The van der Waals surface area contributed by atoms with Gasteiger partial charge in [-0.25, -0.2) is 4.39 Å². The van der Waals surface area contributed by atoms with Gasteiger partial charge in [-0.3, -0.25) is 4.79 Å². The van der Waals surface area contributed by atoms with E-state index in [0.717, 1.165) is 12.1 Å². The molecule has 0 aliphatic rings. The predicted molar refractivity (Wildman–Crippen MR) is 82.3 cm³/mol. The Bertz CT molecular complexity index is 920. The number of benzene rings is 2. The molecule has 0 radical (unpaired) electrons. The molecule has 3 aromatic rings. The van der Waals surface area contributed by atoms with E-state index < -0.39 is 23.5 Å². The first-order valence-electron chi connectivity index (χ1n) is 7.37. The largest absolute Gasteiger partial charge is 0.416 e. The van der Waals surface area contributed by atoms with Crippen molar-refractivity contribution in [2.24, 2.45) is 0 Å². The Morgan fingerprint density at radius 3 is 2.54 bits per heavy atom. The summed E-state index contributed by atoms with van der Waals surface area (Å²) in [6, 6.07) is 9.85. The highest BCUT2D eigenvalue weighted by molar-refractivity contribution is 5.89. The van der Waals surface area contributed by atoms with Crippen LogP contribution in [-0.4, -0.2) is 16.0 Å². The van der Waals surface area contributed by atoms with Gasteiger partial charge in [0.25, 0.3) is 0 Å². The van der Waals surface area contributed by atoms with Crippen molar-refractivity contribution < 1.29 is 26.9 Å². The molecule has 1 amide bonds. The minimum Gasteiger partial charge on any atom is -0.344 e. The Balaban J connectivity index is 1.67. The Labute approximate surface area is 144 Å². The molecule has 0 atom stereocenters. The number of aromatic nitrogens is 2. The molecular formula is C17H11F4N3O2. The van der Waals surface area contributed by atoms with E-state index in [1.165, 1.54) is 36.4 Å². The molecule has 26 heavy (non-hydrogen) atoms. The minimum absolute atomic E-state index is 0.0919. The highest BCUT2D eigenvalue weighted by Gasteiger charge is 2.30. The fraction of sp³-hybridized carbons (Fsp3) is 0.118. The molecule has 0 saturated carbocycles. The summed E-state index contributed by atoms with van der Waals surface area (Å²) in [6.45, 7) is -0.142. The van der Waals surface area contributed by atoms with Crippen molar-refractivity contribution >= 4 is 5.91 Å². The number of carbonyl (C=O) groups is 1. The van der Waals surface area contributed by atoms with Gasteiger partial charge in [-0.15, -0.1) is 0 Å². The molecule has 0 unspecified atom stereocenters. The number of rotatable bonds is 4. The maximum atomic E-state index is 12.9. The van der Waals surface area contributed by atoms with Crippen LogP contribution in [0, 0.1) is 5.82 Å². The van der Waals surface area contributed by atoms with Crippen molar-refractivity contribution in [3.63, 3.8) is 0 Å². The zero-order chi connectivity index (χ0) is 18.7. The summed E-state index contributed by atoms with van der Waals surface area (Å²) in [4.78, 5) is 15.9. The summed E-state index contributed by atoms with van der Waals surface area (Å²) >= 11 is 0. The third kappa shape index (κ3) is 4.05. The lowest BCUT2D eigenvalue weighted by Crippen LogP contribution is -2.23. The molecule has 1 aromatic heterocycles. The molecular weight excluding hydrogens is 354 g/mol. The second kappa shape index (κ2) is 6.95. The number of hydrogen-bond donors (Lipinski definition) is 1. The van der Waals surface area contributed by atoms with E-state index in [4.69, 9.17) is 4.52 Å². The SMILES string of the molecule is O=C(NCc1cccc(C(F)(F)F)c1)c1nc(-c2ccc(F)cc2)no1. The Kier molecular flexibility index (Phi) is 4.70. The van der Waals surface area contributed by atoms with Gasteiger partial charge >= 0.3 is 18.0 Å². The van der Waals surface area contributed by atoms with Gasteiger partial charge < -0.3 is 9.84 Å². The van der Waals surface area contributed by atoms with Crippen LogP contribution in [0.3, 0.4) is 0 Å². The average Bonchev–Trinajstić information content (AvgIpc) is 3.10. The van der Waals surface area contributed by atoms with Gasteiger partial charge in [-0.1, -0.05) is 17.3 Å². The third-order valence-electron chi connectivity index (χ3n) is 3.43. The normalized spacial score (nSPS) is 11.4. The van der Waals surface area contributed by atoms with Crippen molar-refractivity contribution in [1.29, 1.82) is 0 Å². The number of halogens is 4. The topological polar surface area (TPSA) is 68.0 Å². The number of carbonyl (C=O) groups excluding carboxylic acids is 1. The summed E-state index contributed by atoms with van der Waals surface area (Å²) in [5, 5.41) is 6.03. The maximum Gasteiger partial charge on any atom is 0.416 e. The lowest BCUT2D eigenvalue weighted by atomic mass is 10.1.